The molecule has 150 valence electrons. The number of hydrogen-bond acceptors (Lipinski definition) is 8. The summed E-state index contributed by atoms with van der Waals surface area (Å²) in [5.74, 6) is -4.37. The maximum absolute atomic E-state index is 12.8. The van der Waals surface area contributed by atoms with E-state index in [2.05, 4.69) is 0 Å². The highest BCUT2D eigenvalue weighted by Crippen LogP contribution is 2.59. The largest absolute Gasteiger partial charge is 0.508 e. The maximum atomic E-state index is 12.8. The molecule has 5 rings (SSSR count). The van der Waals surface area contributed by atoms with E-state index in [9.17, 15) is 35.1 Å². The lowest BCUT2D eigenvalue weighted by molar-refractivity contribution is 0.0222. The first kappa shape index (κ1) is 17.7. The van der Waals surface area contributed by atoms with Crippen LogP contribution < -0.4 is 4.74 Å². The van der Waals surface area contributed by atoms with Crippen molar-refractivity contribution < 1.29 is 44.6 Å². The van der Waals surface area contributed by atoms with E-state index in [1.807, 2.05) is 0 Å². The minimum atomic E-state index is -1.72. The van der Waals surface area contributed by atoms with Gasteiger partial charge in [-0.3, -0.25) is 0 Å². The Morgan fingerprint density at radius 3 is 1.93 bits per heavy atom. The molecule has 0 bridgehead atoms. The molecule has 0 aromatic heterocycles. The fourth-order valence-corrected chi connectivity index (χ4v) is 4.03. The lowest BCUT2D eigenvalue weighted by Gasteiger charge is -2.36. The number of benzene rings is 3. The van der Waals surface area contributed by atoms with Crippen LogP contribution in [0.15, 0.2) is 42.5 Å². The van der Waals surface area contributed by atoms with Gasteiger partial charge in [0.15, 0.2) is 5.60 Å². The predicted molar refractivity (Wildman–Crippen MR) is 98.3 cm³/mol. The zero-order valence-electron chi connectivity index (χ0n) is 14.9. The number of phenols is 4. The summed E-state index contributed by atoms with van der Waals surface area (Å²) in [6.07, 6.45) is 0. The van der Waals surface area contributed by atoms with Gasteiger partial charge in [0.05, 0.1) is 0 Å². The van der Waals surface area contributed by atoms with Crippen LogP contribution in [0.2, 0.25) is 0 Å². The summed E-state index contributed by atoms with van der Waals surface area (Å²) in [6.45, 7) is 0. The molecular formula is C21H12O9. The number of carbonyl (C=O) groups is 2. The Hall–Kier alpha value is -4.40. The Kier molecular flexibility index (Phi) is 3.28. The van der Waals surface area contributed by atoms with Crippen molar-refractivity contribution in [2.45, 2.75) is 5.60 Å². The molecule has 9 heteroatoms. The number of hydrogen-bond donors (Lipinski definition) is 5. The number of fused-ring (bicyclic) bond motifs is 6. The summed E-state index contributed by atoms with van der Waals surface area (Å²) >= 11 is 0. The topological polar surface area (TPSA) is 154 Å². The third kappa shape index (κ3) is 2.05. The van der Waals surface area contributed by atoms with Gasteiger partial charge in [0.1, 0.15) is 45.6 Å². The summed E-state index contributed by atoms with van der Waals surface area (Å²) in [5.41, 5.74) is -2.42. The van der Waals surface area contributed by atoms with Gasteiger partial charge < -0.3 is 35.0 Å². The molecule has 3 aromatic carbocycles. The van der Waals surface area contributed by atoms with E-state index in [4.69, 9.17) is 9.47 Å². The molecule has 0 aliphatic carbocycles. The van der Waals surface area contributed by atoms with Gasteiger partial charge in [0.25, 0.3) is 0 Å². The van der Waals surface area contributed by atoms with Crippen LogP contribution in [0.4, 0.5) is 0 Å². The first-order chi connectivity index (χ1) is 14.2. The van der Waals surface area contributed by atoms with E-state index in [0.29, 0.717) is 0 Å². The van der Waals surface area contributed by atoms with E-state index >= 15 is 0 Å². The number of carboxylic acids is 1. The summed E-state index contributed by atoms with van der Waals surface area (Å²) < 4.78 is 11.5. The van der Waals surface area contributed by atoms with Gasteiger partial charge in [0, 0.05) is 28.8 Å². The first-order valence-electron chi connectivity index (χ1n) is 8.65. The zero-order chi connectivity index (χ0) is 21.4. The monoisotopic (exact) mass is 408 g/mol. The second-order valence-corrected chi connectivity index (χ2v) is 6.88. The number of carbonyl (C=O) groups excluding carboxylic acids is 1. The van der Waals surface area contributed by atoms with Crippen LogP contribution in [0.5, 0.6) is 34.5 Å². The van der Waals surface area contributed by atoms with E-state index in [0.717, 1.165) is 6.07 Å². The third-order valence-electron chi connectivity index (χ3n) is 5.23. The van der Waals surface area contributed by atoms with Gasteiger partial charge in [-0.25, -0.2) is 9.59 Å². The van der Waals surface area contributed by atoms with E-state index in [1.165, 1.54) is 36.4 Å². The number of esters is 1. The van der Waals surface area contributed by atoms with Crippen LogP contribution in [0.1, 0.15) is 37.4 Å². The average molecular weight is 408 g/mol. The lowest BCUT2D eigenvalue weighted by atomic mass is 9.77. The van der Waals surface area contributed by atoms with Crippen molar-refractivity contribution in [3.63, 3.8) is 0 Å². The number of ether oxygens (including phenoxy) is 2. The highest BCUT2D eigenvalue weighted by molar-refractivity contribution is 6.05. The van der Waals surface area contributed by atoms with Gasteiger partial charge in [-0.15, -0.1) is 0 Å². The van der Waals surface area contributed by atoms with Crippen molar-refractivity contribution in [1.82, 2.24) is 0 Å². The highest BCUT2D eigenvalue weighted by Gasteiger charge is 2.55. The normalized spacial score (nSPS) is 15.0. The van der Waals surface area contributed by atoms with Gasteiger partial charge in [-0.05, 0) is 30.3 Å². The fraction of sp³-hybridized carbons (Fsp3) is 0.0476. The van der Waals surface area contributed by atoms with Crippen molar-refractivity contribution in [2.24, 2.45) is 0 Å². The van der Waals surface area contributed by atoms with Crippen molar-refractivity contribution >= 4 is 11.9 Å². The Bertz CT molecular complexity index is 1240. The molecule has 0 saturated heterocycles. The molecule has 5 N–H and O–H groups in total. The van der Waals surface area contributed by atoms with Crippen molar-refractivity contribution in [3.05, 3.63) is 70.3 Å². The number of carboxylic acid groups (broad SMARTS) is 1. The smallest absolute Gasteiger partial charge is 0.344 e. The molecule has 0 unspecified atom stereocenters. The Balaban J connectivity index is 1.92. The number of phenolic OH excluding ortho intramolecular Hbond substituents is 2. The fourth-order valence-electron chi connectivity index (χ4n) is 4.03. The van der Waals surface area contributed by atoms with Crippen molar-refractivity contribution in [3.8, 4) is 34.5 Å². The molecule has 2 heterocycles. The van der Waals surface area contributed by atoms with Crippen LogP contribution in [0.25, 0.3) is 0 Å². The second-order valence-electron chi connectivity index (χ2n) is 6.88. The molecule has 2 aliphatic heterocycles. The molecule has 9 nitrogen and oxygen atoms in total. The SMILES string of the molecule is O=C(O)c1c(O)cc2c(c1O)C(=O)OC21c2ccc(O)cc2Oc2cc(O)ccc21. The molecule has 0 saturated carbocycles. The quantitative estimate of drug-likeness (QED) is 0.382. The minimum Gasteiger partial charge on any atom is -0.508 e. The van der Waals surface area contributed by atoms with Gasteiger partial charge in [0.2, 0.25) is 0 Å². The third-order valence-corrected chi connectivity index (χ3v) is 5.23. The number of aromatic hydroxyl groups is 4. The predicted octanol–water partition coefficient (Wildman–Crippen LogP) is 2.78. The van der Waals surface area contributed by atoms with E-state index in [1.54, 1.807) is 0 Å². The first-order valence-corrected chi connectivity index (χ1v) is 8.65. The van der Waals surface area contributed by atoms with Crippen LogP contribution >= 0.6 is 0 Å². The highest BCUT2D eigenvalue weighted by atomic mass is 16.6. The van der Waals surface area contributed by atoms with E-state index in [-0.39, 0.29) is 39.7 Å². The molecule has 30 heavy (non-hydrogen) atoms. The second kappa shape index (κ2) is 5.57. The molecule has 0 fully saturated rings. The van der Waals surface area contributed by atoms with E-state index < -0.39 is 40.2 Å². The van der Waals surface area contributed by atoms with Gasteiger partial charge in [-0.1, -0.05) is 0 Å². The Morgan fingerprint density at radius 1 is 0.833 bits per heavy atom. The number of rotatable bonds is 1. The van der Waals surface area contributed by atoms with Gasteiger partial charge >= 0.3 is 11.9 Å². The maximum Gasteiger partial charge on any atom is 0.344 e. The molecule has 0 atom stereocenters. The zero-order valence-corrected chi connectivity index (χ0v) is 14.9. The lowest BCUT2D eigenvalue weighted by Crippen LogP contribution is -2.32. The standard InChI is InChI=1S/C21H12O9/c22-8-1-3-10-14(5-8)29-15-6-9(23)2-4-11(15)21(10)12-7-13(24)17(19(26)27)18(25)16(12)20(28)30-21/h1-7,22-25H,(H,26,27). The molecule has 0 radical (unpaired) electrons. The van der Waals surface area contributed by atoms with Crippen LogP contribution in [0, 0.1) is 0 Å². The molecule has 3 aromatic rings. The average Bonchev–Trinajstić information content (AvgIpc) is 2.94. The van der Waals surface area contributed by atoms with Crippen molar-refractivity contribution in [2.75, 3.05) is 0 Å². The summed E-state index contributed by atoms with van der Waals surface area (Å²) in [5, 5.41) is 49.8. The minimum absolute atomic E-state index is 0.00493. The van der Waals surface area contributed by atoms with Crippen LogP contribution in [-0.2, 0) is 10.3 Å². The van der Waals surface area contributed by atoms with Crippen LogP contribution in [0.3, 0.4) is 0 Å². The molecule has 2 aliphatic rings. The van der Waals surface area contributed by atoms with Crippen molar-refractivity contribution in [1.29, 1.82) is 0 Å². The summed E-state index contributed by atoms with van der Waals surface area (Å²) in [6, 6.07) is 9.17. The molecule has 1 spiro atoms. The Morgan fingerprint density at radius 2 is 1.40 bits per heavy atom. The van der Waals surface area contributed by atoms with Gasteiger partial charge in [-0.2, -0.15) is 0 Å². The summed E-state index contributed by atoms with van der Waals surface area (Å²) in [4.78, 5) is 24.2. The number of aromatic carboxylic acids is 1. The molecule has 0 amide bonds. The molecular weight excluding hydrogens is 396 g/mol. The summed E-state index contributed by atoms with van der Waals surface area (Å²) in [7, 11) is 0. The Labute approximate surface area is 167 Å². The van der Waals surface area contributed by atoms with Crippen LogP contribution in [-0.4, -0.2) is 37.5 Å².